The zero-order chi connectivity index (χ0) is 12.4. The molecule has 0 amide bonds. The molecule has 1 heterocycles. The Hall–Kier alpha value is -1.07. The van der Waals surface area contributed by atoms with Gasteiger partial charge in [0.1, 0.15) is 5.84 Å². The normalized spacial score (nSPS) is 20.4. The van der Waals surface area contributed by atoms with Crippen molar-refractivity contribution in [3.05, 3.63) is 28.2 Å². The number of nitrogens with one attached hydrogen (secondary N) is 1. The Kier molecular flexibility index (Phi) is 3.69. The number of morpholine rings is 1. The van der Waals surface area contributed by atoms with E-state index >= 15 is 0 Å². The van der Waals surface area contributed by atoms with Crippen LogP contribution in [0.4, 0.5) is 5.69 Å². The van der Waals surface area contributed by atoms with E-state index in [2.05, 4.69) is 27.8 Å². The number of hydrogen-bond donors (Lipinski definition) is 2. The van der Waals surface area contributed by atoms with Crippen molar-refractivity contribution in [3.63, 3.8) is 0 Å². The quantitative estimate of drug-likeness (QED) is 0.648. The average Bonchev–Trinajstić information content (AvgIpc) is 2.28. The molecule has 1 aromatic rings. The topological polar surface area (TPSA) is 62.3 Å². The van der Waals surface area contributed by atoms with Gasteiger partial charge in [-0.2, -0.15) is 0 Å². The first-order valence-corrected chi connectivity index (χ1v) is 6.38. The molecule has 4 nitrogen and oxygen atoms in total. The zero-order valence-corrected chi connectivity index (χ0v) is 11.3. The highest BCUT2D eigenvalue weighted by atomic mass is 79.9. The summed E-state index contributed by atoms with van der Waals surface area (Å²) in [7, 11) is 0. The lowest BCUT2D eigenvalue weighted by Crippen LogP contribution is -2.42. The summed E-state index contributed by atoms with van der Waals surface area (Å²) in [6.07, 6.45) is 0.211. The summed E-state index contributed by atoms with van der Waals surface area (Å²) in [5.74, 6) is 0.0895. The minimum Gasteiger partial charge on any atom is -0.384 e. The van der Waals surface area contributed by atoms with Crippen LogP contribution < -0.4 is 10.6 Å². The number of nitrogen functional groups attached to an aromatic ring is 1. The van der Waals surface area contributed by atoms with Crippen LogP contribution in [0.1, 0.15) is 12.5 Å². The zero-order valence-electron chi connectivity index (χ0n) is 9.74. The van der Waals surface area contributed by atoms with Gasteiger partial charge in [-0.1, -0.05) is 6.07 Å². The van der Waals surface area contributed by atoms with Crippen LogP contribution in [0, 0.1) is 5.41 Å². The summed E-state index contributed by atoms with van der Waals surface area (Å²) in [6, 6.07) is 5.87. The number of halogens is 1. The lowest BCUT2D eigenvalue weighted by molar-refractivity contribution is 0.0532. The Balaban J connectivity index is 2.37. The molecular weight excluding hydrogens is 282 g/mol. The van der Waals surface area contributed by atoms with Crippen LogP contribution in [0.25, 0.3) is 0 Å². The van der Waals surface area contributed by atoms with Crippen LogP contribution in [0.2, 0.25) is 0 Å². The number of ether oxygens (including phenoxy) is 1. The highest BCUT2D eigenvalue weighted by molar-refractivity contribution is 9.10. The largest absolute Gasteiger partial charge is 0.384 e. The average molecular weight is 298 g/mol. The first-order chi connectivity index (χ1) is 8.09. The Morgan fingerprint density at radius 2 is 2.35 bits per heavy atom. The summed E-state index contributed by atoms with van der Waals surface area (Å²) in [5, 5.41) is 7.68. The number of nitrogens with two attached hydrogens (primary N) is 1. The van der Waals surface area contributed by atoms with Crippen LogP contribution in [0.3, 0.4) is 0 Å². The molecule has 0 aliphatic carbocycles. The Labute approximate surface area is 109 Å². The van der Waals surface area contributed by atoms with E-state index in [0.717, 1.165) is 28.8 Å². The number of benzene rings is 1. The van der Waals surface area contributed by atoms with Gasteiger partial charge in [0.2, 0.25) is 0 Å². The van der Waals surface area contributed by atoms with Crippen LogP contribution in [-0.4, -0.2) is 31.6 Å². The number of amidine groups is 1. The fourth-order valence-electron chi connectivity index (χ4n) is 2.08. The van der Waals surface area contributed by atoms with Gasteiger partial charge >= 0.3 is 0 Å². The minimum atomic E-state index is 0.0895. The molecule has 92 valence electrons. The summed E-state index contributed by atoms with van der Waals surface area (Å²) in [5.41, 5.74) is 7.42. The summed E-state index contributed by atoms with van der Waals surface area (Å²) >= 11 is 3.45. The van der Waals surface area contributed by atoms with Gasteiger partial charge in [-0.3, -0.25) is 5.41 Å². The fourth-order valence-corrected chi connectivity index (χ4v) is 2.65. The van der Waals surface area contributed by atoms with E-state index in [1.807, 2.05) is 18.2 Å². The molecule has 1 fully saturated rings. The second-order valence-electron chi connectivity index (χ2n) is 4.18. The molecule has 1 aliphatic heterocycles. The monoisotopic (exact) mass is 297 g/mol. The van der Waals surface area contributed by atoms with Crippen molar-refractivity contribution in [1.82, 2.24) is 0 Å². The number of anilines is 1. The molecule has 0 spiro atoms. The van der Waals surface area contributed by atoms with Gasteiger partial charge in [0.25, 0.3) is 0 Å². The number of hydrogen-bond acceptors (Lipinski definition) is 3. The van der Waals surface area contributed by atoms with Crippen molar-refractivity contribution in [2.45, 2.75) is 13.0 Å². The van der Waals surface area contributed by atoms with Crippen molar-refractivity contribution in [2.24, 2.45) is 5.73 Å². The summed E-state index contributed by atoms with van der Waals surface area (Å²) in [6.45, 7) is 4.43. The number of nitrogens with zero attached hydrogens (tertiary/aromatic N) is 1. The fraction of sp³-hybridized carbons (Fsp3) is 0.417. The predicted molar refractivity (Wildman–Crippen MR) is 72.8 cm³/mol. The summed E-state index contributed by atoms with van der Waals surface area (Å²) < 4.78 is 6.38. The van der Waals surface area contributed by atoms with Gasteiger partial charge in [-0.15, -0.1) is 0 Å². The van der Waals surface area contributed by atoms with Gasteiger partial charge in [-0.25, -0.2) is 0 Å². The molecule has 1 aromatic carbocycles. The van der Waals surface area contributed by atoms with E-state index in [0.29, 0.717) is 6.61 Å². The van der Waals surface area contributed by atoms with E-state index in [1.165, 1.54) is 0 Å². The van der Waals surface area contributed by atoms with Crippen LogP contribution in [0.15, 0.2) is 22.7 Å². The van der Waals surface area contributed by atoms with Gasteiger partial charge in [0.05, 0.1) is 18.3 Å². The standard InChI is InChI=1S/C12H16BrN3O/c1-8-7-16(5-6-17-8)10-4-2-3-9(13)11(10)12(14)15/h2-4,8H,5-7H2,1H3,(H3,14,15). The predicted octanol–water partition coefficient (Wildman–Crippen LogP) is 1.96. The molecule has 5 heteroatoms. The maximum absolute atomic E-state index is 7.68. The SMILES string of the molecule is CC1CN(c2cccc(Br)c2C(=N)N)CCO1. The Morgan fingerprint density at radius 1 is 1.59 bits per heavy atom. The molecule has 17 heavy (non-hydrogen) atoms. The highest BCUT2D eigenvalue weighted by Gasteiger charge is 2.21. The number of rotatable bonds is 2. The van der Waals surface area contributed by atoms with Crippen LogP contribution in [-0.2, 0) is 4.74 Å². The van der Waals surface area contributed by atoms with Crippen molar-refractivity contribution in [2.75, 3.05) is 24.6 Å². The lowest BCUT2D eigenvalue weighted by Gasteiger charge is -2.34. The molecule has 1 unspecified atom stereocenters. The van der Waals surface area contributed by atoms with Gasteiger partial charge in [-0.05, 0) is 35.0 Å². The molecular formula is C12H16BrN3O. The maximum atomic E-state index is 7.68. The molecule has 0 aromatic heterocycles. The first-order valence-electron chi connectivity index (χ1n) is 5.59. The molecule has 0 saturated carbocycles. The molecule has 1 saturated heterocycles. The maximum Gasteiger partial charge on any atom is 0.126 e. The van der Waals surface area contributed by atoms with Crippen molar-refractivity contribution in [1.29, 1.82) is 5.41 Å². The van der Waals surface area contributed by atoms with Crippen molar-refractivity contribution < 1.29 is 4.74 Å². The second-order valence-corrected chi connectivity index (χ2v) is 5.03. The molecule has 0 bridgehead atoms. The van der Waals surface area contributed by atoms with Gasteiger partial charge in [0, 0.05) is 23.2 Å². The van der Waals surface area contributed by atoms with Crippen LogP contribution >= 0.6 is 15.9 Å². The van der Waals surface area contributed by atoms with Gasteiger partial charge in [0.15, 0.2) is 0 Å². The van der Waals surface area contributed by atoms with E-state index in [1.54, 1.807) is 0 Å². The van der Waals surface area contributed by atoms with Crippen molar-refractivity contribution in [3.8, 4) is 0 Å². The second kappa shape index (κ2) is 5.06. The van der Waals surface area contributed by atoms with E-state index in [4.69, 9.17) is 15.9 Å². The smallest absolute Gasteiger partial charge is 0.126 e. The molecule has 0 radical (unpaired) electrons. The third-order valence-electron chi connectivity index (χ3n) is 2.84. The first kappa shape index (κ1) is 12.4. The van der Waals surface area contributed by atoms with E-state index in [9.17, 15) is 0 Å². The lowest BCUT2D eigenvalue weighted by atomic mass is 10.1. The van der Waals surface area contributed by atoms with Crippen molar-refractivity contribution >= 4 is 27.5 Å². The Morgan fingerprint density at radius 3 is 3.00 bits per heavy atom. The van der Waals surface area contributed by atoms with Crippen LogP contribution in [0.5, 0.6) is 0 Å². The molecule has 1 atom stereocenters. The third kappa shape index (κ3) is 2.61. The third-order valence-corrected chi connectivity index (χ3v) is 3.50. The van der Waals surface area contributed by atoms with E-state index in [-0.39, 0.29) is 11.9 Å². The molecule has 2 rings (SSSR count). The molecule has 3 N–H and O–H groups in total. The minimum absolute atomic E-state index is 0.0895. The molecule has 1 aliphatic rings. The van der Waals surface area contributed by atoms with Gasteiger partial charge < -0.3 is 15.4 Å². The Bertz CT molecular complexity index is 436. The summed E-state index contributed by atoms with van der Waals surface area (Å²) in [4.78, 5) is 2.22. The highest BCUT2D eigenvalue weighted by Crippen LogP contribution is 2.28. The van der Waals surface area contributed by atoms with E-state index < -0.39 is 0 Å².